The van der Waals surface area contributed by atoms with Crippen molar-refractivity contribution in [2.45, 2.75) is 19.3 Å². The Kier molecular flexibility index (Phi) is 10.2. The van der Waals surface area contributed by atoms with Gasteiger partial charge in [-0.1, -0.05) is 74.5 Å². The van der Waals surface area contributed by atoms with Crippen molar-refractivity contribution in [2.75, 3.05) is 14.2 Å². The van der Waals surface area contributed by atoms with Gasteiger partial charge in [0.15, 0.2) is 0 Å². The van der Waals surface area contributed by atoms with Gasteiger partial charge in [-0.25, -0.2) is 9.98 Å². The molecular weight excluding hydrogens is 608 g/mol. The summed E-state index contributed by atoms with van der Waals surface area (Å²) in [4.78, 5) is 9.27. The van der Waals surface area contributed by atoms with Gasteiger partial charge in [0.25, 0.3) is 0 Å². The van der Waals surface area contributed by atoms with Crippen LogP contribution in [-0.4, -0.2) is 26.0 Å². The number of rotatable bonds is 10. The first-order chi connectivity index (χ1) is 23.9. The van der Waals surface area contributed by atoms with Crippen LogP contribution in [0.2, 0.25) is 0 Å². The Labute approximate surface area is 288 Å². The topological polar surface area (TPSA) is 61.6 Å². The zero-order valence-electron chi connectivity index (χ0n) is 28.0. The summed E-state index contributed by atoms with van der Waals surface area (Å²) in [6.45, 7) is 4.43. The van der Waals surface area contributed by atoms with Crippen molar-refractivity contribution in [3.63, 3.8) is 0 Å². The number of ether oxygens (including phenoxy) is 4. The van der Waals surface area contributed by atoms with Crippen LogP contribution in [0.25, 0.3) is 0 Å². The molecule has 6 heteroatoms. The van der Waals surface area contributed by atoms with Crippen LogP contribution in [0.5, 0.6) is 23.0 Å². The monoisotopic (exact) mass is 646 g/mol. The van der Waals surface area contributed by atoms with Gasteiger partial charge < -0.3 is 18.9 Å². The smallest absolute Gasteiger partial charge is 0.220 e. The van der Waals surface area contributed by atoms with Crippen molar-refractivity contribution in [1.82, 2.24) is 0 Å². The lowest BCUT2D eigenvalue weighted by atomic mass is 9.78. The maximum absolute atomic E-state index is 6.14. The first-order valence-corrected chi connectivity index (χ1v) is 16.0. The Balaban J connectivity index is 1.07. The lowest BCUT2D eigenvalue weighted by Crippen LogP contribution is -2.18. The van der Waals surface area contributed by atoms with Crippen LogP contribution in [0.4, 0.5) is 11.4 Å². The van der Waals surface area contributed by atoms with E-state index in [4.69, 9.17) is 18.9 Å². The van der Waals surface area contributed by atoms with E-state index in [1.807, 2.05) is 133 Å². The Morgan fingerprint density at radius 3 is 1.02 bits per heavy atom. The van der Waals surface area contributed by atoms with Crippen molar-refractivity contribution in [2.24, 2.45) is 9.98 Å². The van der Waals surface area contributed by atoms with E-state index in [0.717, 1.165) is 45.5 Å². The highest BCUT2D eigenvalue weighted by atomic mass is 16.5. The minimum atomic E-state index is -0.230. The number of methoxy groups -OCH3 is 2. The maximum atomic E-state index is 6.14. The highest BCUT2D eigenvalue weighted by molar-refractivity contribution is 5.96. The van der Waals surface area contributed by atoms with Gasteiger partial charge in [-0.3, -0.25) is 0 Å². The molecule has 0 atom stereocenters. The average Bonchev–Trinajstić information content (AvgIpc) is 3.15. The van der Waals surface area contributed by atoms with E-state index in [9.17, 15) is 0 Å². The zero-order valence-corrected chi connectivity index (χ0v) is 28.0. The van der Waals surface area contributed by atoms with Crippen LogP contribution >= 0.6 is 0 Å². The summed E-state index contributed by atoms with van der Waals surface area (Å²) in [7, 11) is 3.25. The Bertz CT molecular complexity index is 1850. The van der Waals surface area contributed by atoms with E-state index < -0.39 is 0 Å². The minimum Gasteiger partial charge on any atom is -0.481 e. The van der Waals surface area contributed by atoms with Gasteiger partial charge >= 0.3 is 0 Å². The molecule has 244 valence electrons. The third kappa shape index (κ3) is 8.24. The number of hydrogen-bond donors (Lipinski definition) is 0. The molecule has 6 rings (SSSR count). The van der Waals surface area contributed by atoms with Gasteiger partial charge in [0.1, 0.15) is 23.0 Å². The quantitative estimate of drug-likeness (QED) is 0.110. The fourth-order valence-electron chi connectivity index (χ4n) is 5.35. The molecule has 0 fully saturated rings. The number of benzene rings is 6. The van der Waals surface area contributed by atoms with Gasteiger partial charge in [0.05, 0.1) is 25.6 Å². The summed E-state index contributed by atoms with van der Waals surface area (Å²) in [6, 6.07) is 51.4. The Morgan fingerprint density at radius 1 is 0.408 bits per heavy atom. The van der Waals surface area contributed by atoms with Crippen LogP contribution in [0.1, 0.15) is 36.1 Å². The van der Waals surface area contributed by atoms with E-state index in [-0.39, 0.29) is 5.41 Å². The number of nitrogens with zero attached hydrogens (tertiary/aromatic N) is 2. The van der Waals surface area contributed by atoms with Crippen molar-refractivity contribution in [1.29, 1.82) is 0 Å². The predicted molar refractivity (Wildman–Crippen MR) is 197 cm³/mol. The highest BCUT2D eigenvalue weighted by Crippen LogP contribution is 2.35. The molecule has 0 saturated heterocycles. The Morgan fingerprint density at radius 2 is 0.714 bits per heavy atom. The SMILES string of the molecule is COC(=Nc1ccc(Oc2ccc(C(C)(C)c3ccc(Oc4ccc(N=C(OC)c5ccccc5)cc4)cc3)cc2)cc1)c1ccccc1. The fraction of sp³-hybridized carbons (Fsp3) is 0.116. The third-order valence-corrected chi connectivity index (χ3v) is 8.19. The fourth-order valence-corrected chi connectivity index (χ4v) is 5.35. The molecule has 0 aromatic heterocycles. The van der Waals surface area contributed by atoms with Crippen molar-refractivity contribution < 1.29 is 18.9 Å². The van der Waals surface area contributed by atoms with E-state index in [2.05, 4.69) is 48.1 Å². The molecular formula is C43H38N2O4. The number of aliphatic imine (C=N–C) groups is 2. The standard InChI is InChI=1S/C43H38N2O4/c1-43(2,33-15-23-37(24-16-33)48-39-27-19-35(20-28-39)44-41(46-3)31-11-7-5-8-12-31)34-17-25-38(26-18-34)49-40-29-21-36(22-30-40)45-42(47-4)32-13-9-6-10-14-32/h5-30H,1-4H3. The van der Waals surface area contributed by atoms with Crippen molar-refractivity contribution >= 4 is 23.2 Å². The summed E-state index contributed by atoms with van der Waals surface area (Å²) in [5.41, 5.74) is 5.53. The van der Waals surface area contributed by atoms with Gasteiger partial charge in [-0.2, -0.15) is 0 Å². The van der Waals surface area contributed by atoms with Crippen LogP contribution < -0.4 is 9.47 Å². The molecule has 0 bridgehead atoms. The summed E-state index contributed by atoms with van der Waals surface area (Å²) in [5, 5.41) is 0. The molecule has 0 aliphatic rings. The second kappa shape index (κ2) is 15.2. The largest absolute Gasteiger partial charge is 0.481 e. The Hall–Kier alpha value is -6.14. The minimum absolute atomic E-state index is 0.230. The first kappa shape index (κ1) is 32.8. The molecule has 6 aromatic carbocycles. The van der Waals surface area contributed by atoms with Crippen LogP contribution in [0.15, 0.2) is 168 Å². The maximum Gasteiger partial charge on any atom is 0.220 e. The summed E-state index contributed by atoms with van der Waals surface area (Å²) >= 11 is 0. The lowest BCUT2D eigenvalue weighted by molar-refractivity contribution is 0.405. The molecule has 0 aliphatic carbocycles. The zero-order chi connectivity index (χ0) is 34.1. The second-order valence-corrected chi connectivity index (χ2v) is 11.8. The van der Waals surface area contributed by atoms with Crippen LogP contribution in [0, 0.1) is 0 Å². The van der Waals surface area contributed by atoms with Crippen LogP contribution in [0.3, 0.4) is 0 Å². The number of hydrogen-bond acceptors (Lipinski definition) is 6. The molecule has 0 radical (unpaired) electrons. The van der Waals surface area contributed by atoms with E-state index >= 15 is 0 Å². The van der Waals surface area contributed by atoms with Gasteiger partial charge in [-0.05, 0) is 108 Å². The van der Waals surface area contributed by atoms with Gasteiger partial charge in [0, 0.05) is 16.5 Å². The summed E-state index contributed by atoms with van der Waals surface area (Å²) < 4.78 is 23.3. The predicted octanol–water partition coefficient (Wildman–Crippen LogP) is 11.0. The molecule has 0 saturated carbocycles. The van der Waals surface area contributed by atoms with Crippen molar-refractivity contribution in [3.8, 4) is 23.0 Å². The molecule has 0 unspecified atom stereocenters. The highest BCUT2D eigenvalue weighted by Gasteiger charge is 2.23. The average molecular weight is 647 g/mol. The van der Waals surface area contributed by atoms with E-state index in [0.29, 0.717) is 11.8 Å². The molecule has 6 aromatic rings. The first-order valence-electron chi connectivity index (χ1n) is 16.0. The molecule has 0 amide bonds. The normalized spacial score (nSPS) is 11.9. The van der Waals surface area contributed by atoms with E-state index in [1.54, 1.807) is 14.2 Å². The summed E-state index contributed by atoms with van der Waals surface area (Å²) in [5.74, 6) is 4.11. The van der Waals surface area contributed by atoms with Crippen molar-refractivity contribution in [3.05, 3.63) is 180 Å². The molecule has 6 nitrogen and oxygen atoms in total. The molecule has 0 aliphatic heterocycles. The van der Waals surface area contributed by atoms with Gasteiger partial charge in [-0.15, -0.1) is 0 Å². The lowest BCUT2D eigenvalue weighted by Gasteiger charge is -2.26. The third-order valence-electron chi connectivity index (χ3n) is 8.19. The second-order valence-electron chi connectivity index (χ2n) is 11.8. The molecule has 0 spiro atoms. The molecule has 49 heavy (non-hydrogen) atoms. The van der Waals surface area contributed by atoms with Gasteiger partial charge in [0.2, 0.25) is 11.8 Å². The van der Waals surface area contributed by atoms with Crippen LogP contribution in [-0.2, 0) is 14.9 Å². The van der Waals surface area contributed by atoms with E-state index in [1.165, 1.54) is 11.1 Å². The molecule has 0 N–H and O–H groups in total. The summed E-state index contributed by atoms with van der Waals surface area (Å²) in [6.07, 6.45) is 0. The molecule has 0 heterocycles.